The standard InChI is InChI=1S/C12H10FIO/c13-11-8-14-7-6-12(11)15-9-10-4-2-1-3-5-10/h1-8H,9H2. The van der Waals surface area contributed by atoms with Gasteiger partial charge in [0.05, 0.1) is 0 Å². The van der Waals surface area contributed by atoms with Crippen molar-refractivity contribution in [1.82, 2.24) is 0 Å². The number of rotatable bonds is 3. The topological polar surface area (TPSA) is 9.23 Å². The molecule has 3 heteroatoms. The minimum Gasteiger partial charge on any atom is -0.486 e. The third kappa shape index (κ3) is 2.99. The van der Waals surface area contributed by atoms with Gasteiger partial charge in [-0.1, -0.05) is 51.1 Å². The van der Waals surface area contributed by atoms with Gasteiger partial charge in [0.2, 0.25) is 0 Å². The number of allylic oxidation sites excluding steroid dienone is 2. The van der Waals surface area contributed by atoms with Gasteiger partial charge < -0.3 is 4.74 Å². The Bertz CT molecular complexity index is 421. The first-order valence-corrected chi connectivity index (χ1v) is 7.03. The summed E-state index contributed by atoms with van der Waals surface area (Å²) in [7, 11) is 0. The van der Waals surface area contributed by atoms with Gasteiger partial charge in [0, 0.05) is 4.01 Å². The summed E-state index contributed by atoms with van der Waals surface area (Å²) in [6.07, 6.45) is 1.73. The van der Waals surface area contributed by atoms with Crippen LogP contribution in [0.1, 0.15) is 5.56 Å². The SMILES string of the molecule is FC1=C(OCc2ccccc2)C=CI=C1. The van der Waals surface area contributed by atoms with Gasteiger partial charge in [0.25, 0.3) is 0 Å². The van der Waals surface area contributed by atoms with Crippen molar-refractivity contribution < 1.29 is 9.13 Å². The van der Waals surface area contributed by atoms with Crippen LogP contribution in [0.25, 0.3) is 0 Å². The van der Waals surface area contributed by atoms with E-state index in [1.54, 1.807) is 10.1 Å². The molecule has 1 heterocycles. The highest BCUT2D eigenvalue weighted by atomic mass is 127. The van der Waals surface area contributed by atoms with E-state index < -0.39 is 0 Å². The summed E-state index contributed by atoms with van der Waals surface area (Å²) in [6, 6.07) is 9.75. The second-order valence-electron chi connectivity index (χ2n) is 3.01. The van der Waals surface area contributed by atoms with Gasteiger partial charge in [-0.3, -0.25) is 0 Å². The molecule has 0 radical (unpaired) electrons. The van der Waals surface area contributed by atoms with E-state index in [1.165, 1.54) is 0 Å². The van der Waals surface area contributed by atoms with Crippen LogP contribution < -0.4 is 0 Å². The molecular formula is C12H10FIO. The van der Waals surface area contributed by atoms with Crippen molar-refractivity contribution in [3.05, 3.63) is 57.6 Å². The number of hydrogen-bond donors (Lipinski definition) is 0. The van der Waals surface area contributed by atoms with E-state index in [4.69, 9.17) is 4.74 Å². The molecule has 0 aromatic heterocycles. The van der Waals surface area contributed by atoms with Crippen LogP contribution >= 0.6 is 20.7 Å². The molecule has 0 unspecified atom stereocenters. The lowest BCUT2D eigenvalue weighted by atomic mass is 10.2. The summed E-state index contributed by atoms with van der Waals surface area (Å²) in [5.74, 6) is 0.131. The normalized spacial score (nSPS) is 15.0. The molecule has 15 heavy (non-hydrogen) atoms. The maximum atomic E-state index is 13.2. The van der Waals surface area contributed by atoms with Crippen LogP contribution in [0.2, 0.25) is 0 Å². The minimum absolute atomic E-state index is 0.221. The van der Waals surface area contributed by atoms with Crippen molar-refractivity contribution in [2.24, 2.45) is 0 Å². The molecule has 0 aliphatic carbocycles. The van der Waals surface area contributed by atoms with Crippen LogP contribution in [-0.4, -0.2) is 4.01 Å². The fourth-order valence-corrected chi connectivity index (χ4v) is 2.54. The van der Waals surface area contributed by atoms with Gasteiger partial charge in [-0.25, -0.2) is 4.39 Å². The van der Waals surface area contributed by atoms with Crippen molar-refractivity contribution in [1.29, 1.82) is 0 Å². The van der Waals surface area contributed by atoms with Gasteiger partial charge in [0.1, 0.15) is 6.61 Å². The molecule has 78 valence electrons. The highest BCUT2D eigenvalue weighted by molar-refractivity contribution is 14.2. The van der Waals surface area contributed by atoms with E-state index in [9.17, 15) is 4.39 Å². The summed E-state index contributed by atoms with van der Waals surface area (Å²) in [6.45, 7) is 0.417. The smallest absolute Gasteiger partial charge is 0.170 e. The van der Waals surface area contributed by atoms with Crippen LogP contribution in [0.5, 0.6) is 0 Å². The van der Waals surface area contributed by atoms with E-state index >= 15 is 0 Å². The van der Waals surface area contributed by atoms with Gasteiger partial charge in [-0.15, -0.1) is 0 Å². The second kappa shape index (κ2) is 5.21. The molecule has 1 aliphatic heterocycles. The predicted molar refractivity (Wildman–Crippen MR) is 68.6 cm³/mol. The zero-order valence-corrected chi connectivity index (χ0v) is 10.1. The lowest BCUT2D eigenvalue weighted by molar-refractivity contribution is 0.204. The highest BCUT2D eigenvalue weighted by Crippen LogP contribution is 2.19. The van der Waals surface area contributed by atoms with E-state index in [1.807, 2.05) is 34.4 Å². The molecule has 0 saturated heterocycles. The molecule has 1 aromatic rings. The molecule has 1 aliphatic rings. The van der Waals surface area contributed by atoms with Crippen LogP contribution in [-0.2, 0) is 11.3 Å². The Labute approximate surface area is 98.0 Å². The Kier molecular flexibility index (Phi) is 3.66. The molecule has 0 bridgehead atoms. The maximum absolute atomic E-state index is 13.2. The molecule has 0 fully saturated rings. The zero-order valence-electron chi connectivity index (χ0n) is 7.99. The summed E-state index contributed by atoms with van der Waals surface area (Å²) in [5.41, 5.74) is 1.05. The summed E-state index contributed by atoms with van der Waals surface area (Å²) in [5, 5.41) is 0. The molecular weight excluding hydrogens is 306 g/mol. The molecule has 0 saturated carbocycles. The van der Waals surface area contributed by atoms with E-state index in [0.717, 1.165) is 5.56 Å². The number of hydrogen-bond acceptors (Lipinski definition) is 1. The minimum atomic E-state index is -0.238. The third-order valence-corrected chi connectivity index (χ3v) is 3.60. The van der Waals surface area contributed by atoms with E-state index in [2.05, 4.69) is 0 Å². The molecule has 1 aromatic carbocycles. The highest BCUT2D eigenvalue weighted by Gasteiger charge is 2.05. The van der Waals surface area contributed by atoms with Gasteiger partial charge >= 0.3 is 0 Å². The summed E-state index contributed by atoms with van der Waals surface area (Å²) >= 11 is -0.238. The second-order valence-corrected chi connectivity index (χ2v) is 5.08. The quantitative estimate of drug-likeness (QED) is 0.773. The number of ether oxygens (including phenoxy) is 1. The Morgan fingerprint density at radius 3 is 2.73 bits per heavy atom. The molecule has 2 rings (SSSR count). The van der Waals surface area contributed by atoms with Crippen molar-refractivity contribution in [2.45, 2.75) is 6.61 Å². The summed E-state index contributed by atoms with van der Waals surface area (Å²) in [4.78, 5) is 0. The van der Waals surface area contributed by atoms with Gasteiger partial charge in [-0.05, 0) is 15.7 Å². The Balaban J connectivity index is 2.00. The first-order valence-electron chi connectivity index (χ1n) is 4.54. The Morgan fingerprint density at radius 2 is 2.00 bits per heavy atom. The Morgan fingerprint density at radius 1 is 1.20 bits per heavy atom. The monoisotopic (exact) mass is 316 g/mol. The largest absolute Gasteiger partial charge is 0.486 e. The molecule has 1 nitrogen and oxygen atoms in total. The van der Waals surface area contributed by atoms with Gasteiger partial charge in [-0.2, -0.15) is 0 Å². The van der Waals surface area contributed by atoms with Crippen LogP contribution in [0.4, 0.5) is 4.39 Å². The van der Waals surface area contributed by atoms with Crippen LogP contribution in [0.3, 0.4) is 0 Å². The molecule has 0 atom stereocenters. The zero-order chi connectivity index (χ0) is 10.5. The van der Waals surface area contributed by atoms with Crippen molar-refractivity contribution in [2.75, 3.05) is 0 Å². The summed E-state index contributed by atoms with van der Waals surface area (Å²) < 4.78 is 22.2. The average Bonchev–Trinajstić information content (AvgIpc) is 2.29. The fraction of sp³-hybridized carbons (Fsp3) is 0.0833. The number of halogens is 2. The first kappa shape index (κ1) is 10.5. The van der Waals surface area contributed by atoms with Crippen molar-refractivity contribution in [3.63, 3.8) is 0 Å². The molecule has 0 amide bonds. The predicted octanol–water partition coefficient (Wildman–Crippen LogP) is 3.68. The molecule has 0 spiro atoms. The number of benzene rings is 1. The van der Waals surface area contributed by atoms with Crippen molar-refractivity contribution >= 4 is 24.7 Å². The molecule has 0 N–H and O–H groups in total. The first-order chi connectivity index (χ1) is 7.36. The lowest BCUT2D eigenvalue weighted by Gasteiger charge is -2.08. The fourth-order valence-electron chi connectivity index (χ4n) is 1.17. The maximum Gasteiger partial charge on any atom is 0.170 e. The average molecular weight is 316 g/mol. The third-order valence-electron chi connectivity index (χ3n) is 1.92. The van der Waals surface area contributed by atoms with E-state index in [0.29, 0.717) is 12.4 Å². The lowest BCUT2D eigenvalue weighted by Crippen LogP contribution is -1.95. The Hall–Kier alpha value is -0.970. The van der Waals surface area contributed by atoms with E-state index in [-0.39, 0.29) is 26.6 Å². The van der Waals surface area contributed by atoms with Crippen LogP contribution in [0.15, 0.2) is 52.1 Å². The van der Waals surface area contributed by atoms with Crippen LogP contribution in [0, 0.1) is 0 Å². The van der Waals surface area contributed by atoms with Crippen molar-refractivity contribution in [3.8, 4) is 0 Å². The van der Waals surface area contributed by atoms with Gasteiger partial charge in [0.15, 0.2) is 11.6 Å².